The maximum Gasteiger partial charge on any atom is 0.151 e. The highest BCUT2D eigenvalue weighted by Gasteiger charge is 2.35. The largest absolute Gasteiger partial charge is 0.373 e. The van der Waals surface area contributed by atoms with E-state index in [-0.39, 0.29) is 17.4 Å². The number of rotatable bonds is 5. The lowest BCUT2D eigenvalue weighted by atomic mass is 9.92. The molecule has 23 heavy (non-hydrogen) atoms. The third kappa shape index (κ3) is 4.14. The summed E-state index contributed by atoms with van der Waals surface area (Å²) in [4.78, 5) is 0. The molecule has 0 radical (unpaired) electrons. The van der Waals surface area contributed by atoms with E-state index in [1.165, 1.54) is 11.8 Å². The van der Waals surface area contributed by atoms with Crippen LogP contribution in [0.2, 0.25) is 0 Å². The van der Waals surface area contributed by atoms with Gasteiger partial charge in [0.25, 0.3) is 0 Å². The highest BCUT2D eigenvalue weighted by atomic mass is 32.2. The molecule has 1 aromatic carbocycles. The van der Waals surface area contributed by atoms with Gasteiger partial charge < -0.3 is 10.1 Å². The number of sulfone groups is 1. The van der Waals surface area contributed by atoms with E-state index >= 15 is 0 Å². The Kier molecular flexibility index (Phi) is 5.39. The molecule has 0 aromatic heterocycles. The first kappa shape index (κ1) is 16.9. The highest BCUT2D eigenvalue weighted by Crippen LogP contribution is 2.34. The van der Waals surface area contributed by atoms with Crippen molar-refractivity contribution in [2.45, 2.75) is 49.5 Å². The topological polar surface area (TPSA) is 55.4 Å². The monoisotopic (exact) mass is 337 g/mol. The van der Waals surface area contributed by atoms with Crippen LogP contribution in [0.5, 0.6) is 0 Å². The molecule has 1 aromatic rings. The van der Waals surface area contributed by atoms with Crippen LogP contribution in [-0.4, -0.2) is 39.1 Å². The molecule has 2 fully saturated rings. The van der Waals surface area contributed by atoms with Crippen molar-refractivity contribution in [3.8, 4) is 0 Å². The summed E-state index contributed by atoms with van der Waals surface area (Å²) < 4.78 is 30.0. The second-order valence-electron chi connectivity index (χ2n) is 6.92. The van der Waals surface area contributed by atoms with Crippen molar-refractivity contribution >= 4 is 9.84 Å². The van der Waals surface area contributed by atoms with E-state index in [4.69, 9.17) is 4.74 Å². The normalized spacial score (nSPS) is 32.0. The van der Waals surface area contributed by atoms with E-state index in [1.807, 2.05) is 18.2 Å². The number of hydrogen-bond donors (Lipinski definition) is 1. The Labute approximate surface area is 139 Å². The van der Waals surface area contributed by atoms with E-state index in [0.717, 1.165) is 45.3 Å². The maximum atomic E-state index is 12.0. The summed E-state index contributed by atoms with van der Waals surface area (Å²) in [6.07, 6.45) is 6.43. The fourth-order valence-electron chi connectivity index (χ4n) is 4.00. The van der Waals surface area contributed by atoms with Crippen molar-refractivity contribution in [1.29, 1.82) is 0 Å². The summed E-state index contributed by atoms with van der Waals surface area (Å²) in [6.45, 7) is 1.61. The average molecular weight is 337 g/mol. The third-order valence-corrected chi connectivity index (χ3v) is 6.90. The Morgan fingerprint density at radius 1 is 1.13 bits per heavy atom. The van der Waals surface area contributed by atoms with Crippen LogP contribution >= 0.6 is 0 Å². The number of nitrogens with one attached hydrogen (secondary N) is 1. The Balaban J connectivity index is 1.62. The van der Waals surface area contributed by atoms with Crippen LogP contribution in [0, 0.1) is 5.92 Å². The SMILES string of the molecule is CS(=O)(=O)C1CCCCC1NCC1CCOC1c1ccccc1. The zero-order valence-corrected chi connectivity index (χ0v) is 14.6. The van der Waals surface area contributed by atoms with E-state index < -0.39 is 9.84 Å². The number of hydrogen-bond acceptors (Lipinski definition) is 4. The molecule has 1 saturated carbocycles. The van der Waals surface area contributed by atoms with Crippen molar-refractivity contribution in [3.63, 3.8) is 0 Å². The minimum atomic E-state index is -2.98. The van der Waals surface area contributed by atoms with Crippen molar-refractivity contribution in [1.82, 2.24) is 5.32 Å². The molecule has 1 N–H and O–H groups in total. The lowest BCUT2D eigenvalue weighted by molar-refractivity contribution is 0.0894. The maximum absolute atomic E-state index is 12.0. The molecule has 1 saturated heterocycles. The molecule has 0 spiro atoms. The summed E-state index contributed by atoms with van der Waals surface area (Å²) >= 11 is 0. The Morgan fingerprint density at radius 3 is 2.61 bits per heavy atom. The van der Waals surface area contributed by atoms with Gasteiger partial charge in [-0.05, 0) is 24.8 Å². The van der Waals surface area contributed by atoms with Crippen LogP contribution in [0.25, 0.3) is 0 Å². The van der Waals surface area contributed by atoms with Crippen LogP contribution < -0.4 is 5.32 Å². The quantitative estimate of drug-likeness (QED) is 0.897. The van der Waals surface area contributed by atoms with E-state index in [2.05, 4.69) is 17.4 Å². The van der Waals surface area contributed by atoms with Crippen molar-refractivity contribution in [3.05, 3.63) is 35.9 Å². The summed E-state index contributed by atoms with van der Waals surface area (Å²) in [5.74, 6) is 0.416. The molecule has 2 aliphatic rings. The van der Waals surface area contributed by atoms with Gasteiger partial charge in [-0.3, -0.25) is 0 Å². The molecule has 4 unspecified atom stereocenters. The Morgan fingerprint density at radius 2 is 1.87 bits per heavy atom. The fourth-order valence-corrected chi connectivity index (χ4v) is 5.42. The minimum Gasteiger partial charge on any atom is -0.373 e. The molecular weight excluding hydrogens is 310 g/mol. The van der Waals surface area contributed by atoms with Crippen LogP contribution in [-0.2, 0) is 14.6 Å². The van der Waals surface area contributed by atoms with Gasteiger partial charge in [-0.1, -0.05) is 43.2 Å². The van der Waals surface area contributed by atoms with Gasteiger partial charge in [0.15, 0.2) is 9.84 Å². The van der Waals surface area contributed by atoms with Gasteiger partial charge in [0.1, 0.15) is 0 Å². The first-order valence-corrected chi connectivity index (χ1v) is 10.6. The van der Waals surface area contributed by atoms with Gasteiger partial charge >= 0.3 is 0 Å². The lowest BCUT2D eigenvalue weighted by Gasteiger charge is -2.32. The van der Waals surface area contributed by atoms with Crippen molar-refractivity contribution in [2.24, 2.45) is 5.92 Å². The zero-order chi connectivity index (χ0) is 16.3. The Hall–Kier alpha value is -0.910. The molecular formula is C18H27NO3S. The number of benzene rings is 1. The van der Waals surface area contributed by atoms with E-state index in [1.54, 1.807) is 0 Å². The van der Waals surface area contributed by atoms with E-state index in [0.29, 0.717) is 5.92 Å². The van der Waals surface area contributed by atoms with Crippen molar-refractivity contribution < 1.29 is 13.2 Å². The van der Waals surface area contributed by atoms with Crippen LogP contribution in [0.3, 0.4) is 0 Å². The highest BCUT2D eigenvalue weighted by molar-refractivity contribution is 7.91. The van der Waals surface area contributed by atoms with Crippen LogP contribution in [0.4, 0.5) is 0 Å². The summed E-state index contributed by atoms with van der Waals surface area (Å²) in [5.41, 5.74) is 1.22. The van der Waals surface area contributed by atoms with Gasteiger partial charge in [0.2, 0.25) is 0 Å². The smallest absolute Gasteiger partial charge is 0.151 e. The third-order valence-electron chi connectivity index (χ3n) is 5.24. The van der Waals surface area contributed by atoms with E-state index in [9.17, 15) is 8.42 Å². The van der Waals surface area contributed by atoms with Gasteiger partial charge in [-0.2, -0.15) is 0 Å². The molecule has 3 rings (SSSR count). The van der Waals surface area contributed by atoms with Gasteiger partial charge in [-0.15, -0.1) is 0 Å². The van der Waals surface area contributed by atoms with Gasteiger partial charge in [0.05, 0.1) is 11.4 Å². The molecule has 0 bridgehead atoms. The van der Waals surface area contributed by atoms with Crippen molar-refractivity contribution in [2.75, 3.05) is 19.4 Å². The minimum absolute atomic E-state index is 0.0933. The molecule has 1 aliphatic carbocycles. The molecule has 1 aliphatic heterocycles. The first-order chi connectivity index (χ1) is 11.1. The molecule has 1 heterocycles. The zero-order valence-electron chi connectivity index (χ0n) is 13.8. The molecule has 5 heteroatoms. The second kappa shape index (κ2) is 7.32. The summed E-state index contributed by atoms with van der Waals surface area (Å²) in [6, 6.07) is 10.4. The second-order valence-corrected chi connectivity index (χ2v) is 9.18. The Bertz CT molecular complexity index is 602. The van der Waals surface area contributed by atoms with Gasteiger partial charge in [-0.25, -0.2) is 8.42 Å². The number of ether oxygens (including phenoxy) is 1. The summed E-state index contributed by atoms with van der Waals surface area (Å²) in [5, 5.41) is 3.33. The first-order valence-electron chi connectivity index (χ1n) is 8.64. The molecule has 4 nitrogen and oxygen atoms in total. The average Bonchev–Trinajstić information content (AvgIpc) is 3.02. The van der Waals surface area contributed by atoms with Gasteiger partial charge in [0, 0.05) is 31.4 Å². The molecule has 128 valence electrons. The lowest BCUT2D eigenvalue weighted by Crippen LogP contribution is -2.47. The summed E-state index contributed by atoms with van der Waals surface area (Å²) in [7, 11) is -2.98. The predicted molar refractivity (Wildman–Crippen MR) is 92.1 cm³/mol. The van der Waals surface area contributed by atoms with Crippen LogP contribution in [0.15, 0.2) is 30.3 Å². The fraction of sp³-hybridized carbons (Fsp3) is 0.667. The molecule has 4 atom stereocenters. The molecule has 0 amide bonds. The predicted octanol–water partition coefficient (Wildman–Crippen LogP) is 2.71. The van der Waals surface area contributed by atoms with Crippen LogP contribution in [0.1, 0.15) is 43.8 Å². The standard InChI is InChI=1S/C18H27NO3S/c1-23(20,21)17-10-6-5-9-16(17)19-13-15-11-12-22-18(15)14-7-3-2-4-8-14/h2-4,7-8,15-19H,5-6,9-13H2,1H3.